The molecule has 0 unspecified atom stereocenters. The number of halogens is 1. The van der Waals surface area contributed by atoms with Crippen LogP contribution in [0.3, 0.4) is 0 Å². The first-order valence-corrected chi connectivity index (χ1v) is 9.71. The van der Waals surface area contributed by atoms with E-state index in [1.165, 1.54) is 11.3 Å². The first-order chi connectivity index (χ1) is 12.6. The Hall–Kier alpha value is -2.51. The Balaban J connectivity index is 1.51. The van der Waals surface area contributed by atoms with Gasteiger partial charge in [-0.1, -0.05) is 28.1 Å². The van der Waals surface area contributed by atoms with Gasteiger partial charge in [0, 0.05) is 33.1 Å². The normalized spacial score (nSPS) is 13.0. The predicted molar refractivity (Wildman–Crippen MR) is 107 cm³/mol. The highest BCUT2D eigenvalue weighted by Crippen LogP contribution is 2.28. The Morgan fingerprint density at radius 2 is 2.08 bits per heavy atom. The summed E-state index contributed by atoms with van der Waals surface area (Å²) in [7, 11) is 0. The van der Waals surface area contributed by atoms with Gasteiger partial charge < -0.3 is 5.32 Å². The molecule has 1 aliphatic heterocycles. The lowest BCUT2D eigenvalue weighted by atomic mass is 10.0. The summed E-state index contributed by atoms with van der Waals surface area (Å²) in [5.74, 6) is -0.197. The molecule has 1 aromatic heterocycles. The minimum atomic E-state index is -0.208. The van der Waals surface area contributed by atoms with E-state index in [1.807, 2.05) is 35.7 Å². The van der Waals surface area contributed by atoms with Crippen LogP contribution in [-0.2, 0) is 11.2 Å². The number of anilines is 2. The van der Waals surface area contributed by atoms with E-state index >= 15 is 0 Å². The fraction of sp³-hybridized carbons (Fsp3) is 0.105. The van der Waals surface area contributed by atoms with Gasteiger partial charge >= 0.3 is 0 Å². The van der Waals surface area contributed by atoms with Gasteiger partial charge in [0.1, 0.15) is 0 Å². The maximum absolute atomic E-state index is 12.5. The SMILES string of the molecule is O=C1CCc2cc(C(=O)Nc3nc(-c4cccc(Br)c4)cs3)ccc2N1. The molecule has 2 heterocycles. The Morgan fingerprint density at radius 1 is 1.19 bits per heavy atom. The van der Waals surface area contributed by atoms with Gasteiger partial charge in [0.2, 0.25) is 5.91 Å². The molecule has 3 aromatic rings. The van der Waals surface area contributed by atoms with Gasteiger partial charge in [-0.15, -0.1) is 11.3 Å². The van der Waals surface area contributed by atoms with Crippen molar-refractivity contribution in [2.24, 2.45) is 0 Å². The molecular formula is C19H14BrN3O2S. The van der Waals surface area contributed by atoms with Crippen molar-refractivity contribution in [1.82, 2.24) is 4.98 Å². The van der Waals surface area contributed by atoms with E-state index in [-0.39, 0.29) is 11.8 Å². The molecule has 0 saturated carbocycles. The van der Waals surface area contributed by atoms with E-state index in [0.29, 0.717) is 23.5 Å². The second-order valence-electron chi connectivity index (χ2n) is 5.92. The quantitative estimate of drug-likeness (QED) is 0.635. The monoisotopic (exact) mass is 427 g/mol. The third kappa shape index (κ3) is 3.54. The van der Waals surface area contributed by atoms with Gasteiger partial charge in [-0.2, -0.15) is 0 Å². The Bertz CT molecular complexity index is 1020. The number of nitrogens with zero attached hydrogens (tertiary/aromatic N) is 1. The fourth-order valence-electron chi connectivity index (χ4n) is 2.81. The second kappa shape index (κ2) is 7.01. The Labute approximate surface area is 162 Å². The smallest absolute Gasteiger partial charge is 0.257 e. The van der Waals surface area contributed by atoms with Crippen molar-refractivity contribution < 1.29 is 9.59 Å². The van der Waals surface area contributed by atoms with Crippen LogP contribution >= 0.6 is 27.3 Å². The molecule has 26 heavy (non-hydrogen) atoms. The zero-order valence-electron chi connectivity index (χ0n) is 13.6. The van der Waals surface area contributed by atoms with E-state index in [9.17, 15) is 9.59 Å². The Kier molecular flexibility index (Phi) is 4.57. The van der Waals surface area contributed by atoms with Crippen LogP contribution in [0.4, 0.5) is 10.8 Å². The minimum absolute atomic E-state index is 0.0116. The maximum atomic E-state index is 12.5. The number of fused-ring (bicyclic) bond motifs is 1. The molecule has 1 aliphatic rings. The van der Waals surface area contributed by atoms with Crippen LogP contribution in [0.1, 0.15) is 22.3 Å². The fourth-order valence-corrected chi connectivity index (χ4v) is 3.92. The largest absolute Gasteiger partial charge is 0.326 e. The summed E-state index contributed by atoms with van der Waals surface area (Å²) in [5, 5.41) is 8.13. The lowest BCUT2D eigenvalue weighted by Gasteiger charge is -2.17. The molecular weight excluding hydrogens is 414 g/mol. The van der Waals surface area contributed by atoms with Crippen LogP contribution < -0.4 is 10.6 Å². The molecule has 130 valence electrons. The molecule has 0 radical (unpaired) electrons. The summed E-state index contributed by atoms with van der Waals surface area (Å²) in [6, 6.07) is 13.2. The van der Waals surface area contributed by atoms with Gasteiger partial charge in [-0.3, -0.25) is 14.9 Å². The first-order valence-electron chi connectivity index (χ1n) is 8.04. The maximum Gasteiger partial charge on any atom is 0.257 e. The van der Waals surface area contributed by atoms with Gasteiger partial charge in [-0.25, -0.2) is 4.98 Å². The van der Waals surface area contributed by atoms with Gasteiger partial charge in [-0.05, 0) is 42.3 Å². The van der Waals surface area contributed by atoms with Crippen molar-refractivity contribution in [1.29, 1.82) is 0 Å². The molecule has 2 aromatic carbocycles. The van der Waals surface area contributed by atoms with Crippen molar-refractivity contribution in [2.75, 3.05) is 10.6 Å². The Morgan fingerprint density at radius 3 is 2.92 bits per heavy atom. The molecule has 2 N–H and O–H groups in total. The number of aryl methyl sites for hydroxylation is 1. The summed E-state index contributed by atoms with van der Waals surface area (Å²) < 4.78 is 0.981. The first kappa shape index (κ1) is 16.9. The van der Waals surface area contributed by atoms with Crippen molar-refractivity contribution in [3.05, 3.63) is 63.4 Å². The van der Waals surface area contributed by atoms with Gasteiger partial charge in [0.25, 0.3) is 5.91 Å². The van der Waals surface area contributed by atoms with Crippen LogP contribution in [0, 0.1) is 0 Å². The molecule has 0 saturated heterocycles. The predicted octanol–water partition coefficient (Wildman–Crippen LogP) is 4.71. The summed E-state index contributed by atoms with van der Waals surface area (Å²) in [4.78, 5) is 28.4. The van der Waals surface area contributed by atoms with Crippen LogP contribution in [0.2, 0.25) is 0 Å². The highest BCUT2D eigenvalue weighted by molar-refractivity contribution is 9.10. The van der Waals surface area contributed by atoms with E-state index in [4.69, 9.17) is 0 Å². The summed E-state index contributed by atoms with van der Waals surface area (Å²) in [5.41, 5.74) is 4.12. The molecule has 0 fully saturated rings. The number of benzene rings is 2. The summed E-state index contributed by atoms with van der Waals surface area (Å²) >= 11 is 4.84. The lowest BCUT2D eigenvalue weighted by Crippen LogP contribution is -2.20. The molecule has 0 bridgehead atoms. The summed E-state index contributed by atoms with van der Waals surface area (Å²) in [6.07, 6.45) is 1.09. The minimum Gasteiger partial charge on any atom is -0.326 e. The molecule has 5 nitrogen and oxygen atoms in total. The van der Waals surface area contributed by atoms with Crippen LogP contribution in [0.5, 0.6) is 0 Å². The number of aromatic nitrogens is 1. The number of thiazole rings is 1. The highest BCUT2D eigenvalue weighted by atomic mass is 79.9. The number of hydrogen-bond donors (Lipinski definition) is 2. The number of amides is 2. The van der Waals surface area contributed by atoms with Gasteiger partial charge in [0.15, 0.2) is 5.13 Å². The summed E-state index contributed by atoms with van der Waals surface area (Å²) in [6.45, 7) is 0. The topological polar surface area (TPSA) is 71.1 Å². The molecule has 4 rings (SSSR count). The molecule has 2 amide bonds. The van der Waals surface area contributed by atoms with Crippen molar-refractivity contribution in [3.8, 4) is 11.3 Å². The van der Waals surface area contributed by atoms with E-state index < -0.39 is 0 Å². The number of hydrogen-bond acceptors (Lipinski definition) is 4. The molecule has 7 heteroatoms. The van der Waals surface area contributed by atoms with E-state index in [2.05, 4.69) is 31.5 Å². The number of carbonyl (C=O) groups is 2. The average molecular weight is 428 g/mol. The van der Waals surface area contributed by atoms with Gasteiger partial charge in [0.05, 0.1) is 5.69 Å². The third-order valence-electron chi connectivity index (χ3n) is 4.11. The second-order valence-corrected chi connectivity index (χ2v) is 7.70. The zero-order valence-corrected chi connectivity index (χ0v) is 16.0. The van der Waals surface area contributed by atoms with Crippen LogP contribution in [0.25, 0.3) is 11.3 Å². The van der Waals surface area contributed by atoms with Crippen molar-refractivity contribution in [3.63, 3.8) is 0 Å². The number of carbonyl (C=O) groups excluding carboxylic acids is 2. The third-order valence-corrected chi connectivity index (χ3v) is 5.36. The molecule has 0 atom stereocenters. The average Bonchev–Trinajstić information content (AvgIpc) is 3.09. The molecule has 0 aliphatic carbocycles. The van der Waals surface area contributed by atoms with Crippen molar-refractivity contribution >= 4 is 49.9 Å². The zero-order chi connectivity index (χ0) is 18.1. The van der Waals surface area contributed by atoms with E-state index in [1.54, 1.807) is 12.1 Å². The number of nitrogens with one attached hydrogen (secondary N) is 2. The number of rotatable bonds is 3. The van der Waals surface area contributed by atoms with Crippen molar-refractivity contribution in [2.45, 2.75) is 12.8 Å². The van der Waals surface area contributed by atoms with Crippen LogP contribution in [-0.4, -0.2) is 16.8 Å². The van der Waals surface area contributed by atoms with E-state index in [0.717, 1.165) is 27.0 Å². The standard InChI is InChI=1S/C19H14BrN3O2S/c20-14-3-1-2-11(9-14)16-10-26-19(22-16)23-18(25)13-4-6-15-12(8-13)5-7-17(24)21-15/h1-4,6,8-10H,5,7H2,(H,21,24)(H,22,23,25). The van der Waals surface area contributed by atoms with Crippen LogP contribution in [0.15, 0.2) is 52.3 Å². The lowest BCUT2D eigenvalue weighted by molar-refractivity contribution is -0.116. The molecule has 0 spiro atoms. The highest BCUT2D eigenvalue weighted by Gasteiger charge is 2.17.